The fourth-order valence-corrected chi connectivity index (χ4v) is 3.02. The van der Waals surface area contributed by atoms with Crippen molar-refractivity contribution in [2.24, 2.45) is 5.92 Å². The Morgan fingerprint density at radius 1 is 1.22 bits per heavy atom. The molecule has 1 fully saturated rings. The van der Waals surface area contributed by atoms with Crippen molar-refractivity contribution in [2.75, 3.05) is 13.7 Å². The van der Waals surface area contributed by atoms with E-state index in [1.165, 1.54) is 18.4 Å². The van der Waals surface area contributed by atoms with Crippen LogP contribution >= 0.6 is 0 Å². The van der Waals surface area contributed by atoms with Gasteiger partial charge < -0.3 is 10.1 Å². The van der Waals surface area contributed by atoms with Gasteiger partial charge in [0.05, 0.1) is 6.61 Å². The molecule has 0 spiro atoms. The Balaban J connectivity index is 1.97. The van der Waals surface area contributed by atoms with E-state index < -0.39 is 0 Å². The molecule has 0 aliphatic heterocycles. The summed E-state index contributed by atoms with van der Waals surface area (Å²) in [5.74, 6) is 2.52. The first-order valence-corrected chi connectivity index (χ1v) is 7.20. The first kappa shape index (κ1) is 13.4. The normalized spacial score (nSPS) is 26.7. The van der Waals surface area contributed by atoms with Gasteiger partial charge in [-0.05, 0) is 49.4 Å². The summed E-state index contributed by atoms with van der Waals surface area (Å²) in [4.78, 5) is 0. The summed E-state index contributed by atoms with van der Waals surface area (Å²) < 4.78 is 5.62. The third kappa shape index (κ3) is 2.69. The molecule has 1 aliphatic rings. The third-order valence-electron chi connectivity index (χ3n) is 4.16. The molecular formula is C16H25NO. The topological polar surface area (TPSA) is 21.3 Å². The maximum absolute atomic E-state index is 5.62. The maximum Gasteiger partial charge on any atom is 0.119 e. The molecule has 0 heterocycles. The van der Waals surface area contributed by atoms with E-state index in [-0.39, 0.29) is 0 Å². The Bertz CT molecular complexity index is 360. The van der Waals surface area contributed by atoms with Crippen LogP contribution in [-0.2, 0) is 0 Å². The summed E-state index contributed by atoms with van der Waals surface area (Å²) in [6, 6.07) is 9.42. The van der Waals surface area contributed by atoms with E-state index in [0.717, 1.165) is 30.6 Å². The highest BCUT2D eigenvalue weighted by Gasteiger charge is 2.39. The predicted octanol–water partition coefficient (Wildman–Crippen LogP) is 3.58. The largest absolute Gasteiger partial charge is 0.494 e. The quantitative estimate of drug-likeness (QED) is 0.829. The average Bonchev–Trinajstić information content (AvgIpc) is 2.38. The van der Waals surface area contributed by atoms with E-state index in [2.05, 4.69) is 50.5 Å². The molecule has 1 aliphatic carbocycles. The molecule has 3 unspecified atom stereocenters. The van der Waals surface area contributed by atoms with Gasteiger partial charge in [0.2, 0.25) is 0 Å². The molecule has 0 radical (unpaired) electrons. The molecule has 1 saturated carbocycles. The Labute approximate surface area is 111 Å². The van der Waals surface area contributed by atoms with Crippen LogP contribution in [0.5, 0.6) is 5.75 Å². The van der Waals surface area contributed by atoms with Crippen LogP contribution in [0.3, 0.4) is 0 Å². The summed E-state index contributed by atoms with van der Waals surface area (Å²) in [5, 5.41) is 3.42. The van der Waals surface area contributed by atoms with Crippen LogP contribution in [0, 0.1) is 5.92 Å². The molecule has 0 amide bonds. The van der Waals surface area contributed by atoms with Crippen molar-refractivity contribution in [3.8, 4) is 5.75 Å². The van der Waals surface area contributed by atoms with Crippen molar-refractivity contribution in [1.82, 2.24) is 5.32 Å². The first-order valence-electron chi connectivity index (χ1n) is 7.20. The van der Waals surface area contributed by atoms with E-state index in [0.29, 0.717) is 6.04 Å². The summed E-state index contributed by atoms with van der Waals surface area (Å²) in [7, 11) is 2.07. The second-order valence-electron chi connectivity index (χ2n) is 5.23. The Morgan fingerprint density at radius 2 is 1.94 bits per heavy atom. The zero-order chi connectivity index (χ0) is 13.0. The van der Waals surface area contributed by atoms with Crippen LogP contribution in [-0.4, -0.2) is 19.7 Å². The second kappa shape index (κ2) is 6.24. The number of hydrogen-bond donors (Lipinski definition) is 1. The zero-order valence-corrected chi connectivity index (χ0v) is 11.8. The van der Waals surface area contributed by atoms with Crippen LogP contribution in [0.25, 0.3) is 0 Å². The summed E-state index contributed by atoms with van der Waals surface area (Å²) >= 11 is 0. The molecule has 0 aromatic heterocycles. The predicted molar refractivity (Wildman–Crippen MR) is 76.2 cm³/mol. The Kier molecular flexibility index (Phi) is 4.65. The lowest BCUT2D eigenvalue weighted by atomic mass is 9.65. The van der Waals surface area contributed by atoms with Crippen molar-refractivity contribution in [2.45, 2.75) is 45.1 Å². The Morgan fingerprint density at radius 3 is 2.50 bits per heavy atom. The number of ether oxygens (including phenoxy) is 1. The molecule has 1 aromatic rings. The molecule has 18 heavy (non-hydrogen) atoms. The van der Waals surface area contributed by atoms with Gasteiger partial charge in [0.25, 0.3) is 0 Å². The fraction of sp³-hybridized carbons (Fsp3) is 0.625. The highest BCUT2D eigenvalue weighted by atomic mass is 16.5. The van der Waals surface area contributed by atoms with E-state index in [4.69, 9.17) is 4.74 Å². The minimum absolute atomic E-state index is 0.705. The number of rotatable bonds is 6. The maximum atomic E-state index is 5.62. The molecule has 2 nitrogen and oxygen atoms in total. The van der Waals surface area contributed by atoms with Crippen molar-refractivity contribution < 1.29 is 4.74 Å². The van der Waals surface area contributed by atoms with Crippen LogP contribution in [0.2, 0.25) is 0 Å². The number of benzene rings is 1. The highest BCUT2D eigenvalue weighted by Crippen LogP contribution is 2.44. The molecule has 1 aromatic carbocycles. The lowest BCUT2D eigenvalue weighted by Crippen LogP contribution is -2.47. The number of hydrogen-bond acceptors (Lipinski definition) is 2. The van der Waals surface area contributed by atoms with E-state index in [1.54, 1.807) is 0 Å². The van der Waals surface area contributed by atoms with Gasteiger partial charge in [-0.25, -0.2) is 0 Å². The molecule has 2 rings (SSSR count). The first-order chi connectivity index (χ1) is 8.80. The summed E-state index contributed by atoms with van der Waals surface area (Å²) in [6.07, 6.45) is 3.58. The van der Waals surface area contributed by atoms with Gasteiger partial charge in [0.15, 0.2) is 0 Å². The van der Waals surface area contributed by atoms with Gasteiger partial charge in [-0.3, -0.25) is 0 Å². The average molecular weight is 247 g/mol. The molecule has 0 bridgehead atoms. The van der Waals surface area contributed by atoms with Crippen molar-refractivity contribution >= 4 is 0 Å². The fourth-order valence-electron chi connectivity index (χ4n) is 3.02. The van der Waals surface area contributed by atoms with E-state index >= 15 is 0 Å². The summed E-state index contributed by atoms with van der Waals surface area (Å²) in [5.41, 5.74) is 1.47. The minimum atomic E-state index is 0.705. The van der Waals surface area contributed by atoms with Gasteiger partial charge >= 0.3 is 0 Å². The van der Waals surface area contributed by atoms with E-state index in [1.807, 2.05) is 0 Å². The van der Waals surface area contributed by atoms with Crippen molar-refractivity contribution in [1.29, 1.82) is 0 Å². The van der Waals surface area contributed by atoms with Crippen LogP contribution in [0.1, 0.15) is 44.6 Å². The van der Waals surface area contributed by atoms with Gasteiger partial charge in [-0.15, -0.1) is 0 Å². The van der Waals surface area contributed by atoms with Crippen molar-refractivity contribution in [3.05, 3.63) is 29.8 Å². The van der Waals surface area contributed by atoms with E-state index in [9.17, 15) is 0 Å². The third-order valence-corrected chi connectivity index (χ3v) is 4.16. The molecule has 100 valence electrons. The summed E-state index contributed by atoms with van der Waals surface area (Å²) in [6.45, 7) is 5.23. The SMILES string of the molecule is CCCOc1ccc(C2CC(NC)C2CC)cc1. The molecule has 0 saturated heterocycles. The Hall–Kier alpha value is -1.02. The standard InChI is InChI=1S/C16H25NO/c1-4-10-18-13-8-6-12(7-9-13)15-11-16(17-3)14(15)5-2/h6-9,14-17H,4-5,10-11H2,1-3H3. The molecule has 1 N–H and O–H groups in total. The van der Waals surface area contributed by atoms with Gasteiger partial charge in [0.1, 0.15) is 5.75 Å². The minimum Gasteiger partial charge on any atom is -0.494 e. The van der Waals surface area contributed by atoms with Crippen LogP contribution < -0.4 is 10.1 Å². The lowest BCUT2D eigenvalue weighted by molar-refractivity contribution is 0.169. The zero-order valence-electron chi connectivity index (χ0n) is 11.8. The monoisotopic (exact) mass is 247 g/mol. The lowest BCUT2D eigenvalue weighted by Gasteiger charge is -2.45. The molecule has 3 atom stereocenters. The smallest absolute Gasteiger partial charge is 0.119 e. The molecular weight excluding hydrogens is 222 g/mol. The highest BCUT2D eigenvalue weighted by molar-refractivity contribution is 5.31. The molecule has 2 heteroatoms. The van der Waals surface area contributed by atoms with Gasteiger partial charge in [-0.1, -0.05) is 32.4 Å². The van der Waals surface area contributed by atoms with Gasteiger partial charge in [-0.2, -0.15) is 0 Å². The number of nitrogens with one attached hydrogen (secondary N) is 1. The van der Waals surface area contributed by atoms with Crippen LogP contribution in [0.15, 0.2) is 24.3 Å². The van der Waals surface area contributed by atoms with Crippen LogP contribution in [0.4, 0.5) is 0 Å². The van der Waals surface area contributed by atoms with Gasteiger partial charge in [0, 0.05) is 6.04 Å². The second-order valence-corrected chi connectivity index (χ2v) is 5.23. The van der Waals surface area contributed by atoms with Crippen molar-refractivity contribution in [3.63, 3.8) is 0 Å².